The molecule has 0 atom stereocenters. The number of nitriles is 2. The van der Waals surface area contributed by atoms with Crippen LogP contribution in [0.5, 0.6) is 5.75 Å². The van der Waals surface area contributed by atoms with E-state index in [4.69, 9.17) is 15.3 Å². The Morgan fingerprint density at radius 2 is 1.45 bits per heavy atom. The Labute approximate surface area is 131 Å². The van der Waals surface area contributed by atoms with Crippen LogP contribution in [0.15, 0.2) is 60.2 Å². The number of hydrogen-bond donors (Lipinski definition) is 0. The molecular weight excluding hydrogens is 272 g/mol. The summed E-state index contributed by atoms with van der Waals surface area (Å²) >= 11 is 0. The maximum Gasteiger partial charge on any atom is 0.118 e. The van der Waals surface area contributed by atoms with Crippen molar-refractivity contribution in [1.29, 1.82) is 10.5 Å². The van der Waals surface area contributed by atoms with E-state index in [1.165, 1.54) is 0 Å². The van der Waals surface area contributed by atoms with Crippen molar-refractivity contribution in [2.24, 2.45) is 0 Å². The summed E-state index contributed by atoms with van der Waals surface area (Å²) in [6.45, 7) is 3.62. The molecule has 0 spiro atoms. The molecular formula is C19H18N2O. The smallest absolute Gasteiger partial charge is 0.118 e. The third-order valence-electron chi connectivity index (χ3n) is 3.05. The number of nitrogens with zero attached hydrogens (tertiary/aromatic N) is 2. The van der Waals surface area contributed by atoms with Crippen molar-refractivity contribution >= 4 is 0 Å². The van der Waals surface area contributed by atoms with Crippen LogP contribution in [0.1, 0.15) is 19.4 Å². The molecule has 3 nitrogen and oxygen atoms in total. The van der Waals surface area contributed by atoms with Gasteiger partial charge in [0.05, 0.1) is 24.8 Å². The molecule has 0 aliphatic heterocycles. The van der Waals surface area contributed by atoms with Crippen LogP contribution < -0.4 is 4.74 Å². The zero-order chi connectivity index (χ0) is 16.4. The van der Waals surface area contributed by atoms with Gasteiger partial charge in [-0.1, -0.05) is 30.3 Å². The monoisotopic (exact) mass is 290 g/mol. The van der Waals surface area contributed by atoms with Gasteiger partial charge < -0.3 is 4.74 Å². The predicted molar refractivity (Wildman–Crippen MR) is 88.2 cm³/mol. The van der Waals surface area contributed by atoms with Crippen LogP contribution >= 0.6 is 0 Å². The second-order valence-electron chi connectivity index (χ2n) is 4.50. The van der Waals surface area contributed by atoms with Gasteiger partial charge in [0.25, 0.3) is 0 Å². The highest BCUT2D eigenvalue weighted by Gasteiger charge is 1.98. The van der Waals surface area contributed by atoms with E-state index in [0.717, 1.165) is 22.4 Å². The molecule has 0 fully saturated rings. The van der Waals surface area contributed by atoms with E-state index in [1.807, 2.05) is 61.5 Å². The lowest BCUT2D eigenvalue weighted by molar-refractivity contribution is 0.415. The molecule has 2 rings (SSSR count). The SMILES string of the molecule is C/C=C(\C)C#N.COc1ccc(-c2ccc(C#N)cc2)cc1. The first-order valence-corrected chi connectivity index (χ1v) is 6.82. The first kappa shape index (κ1) is 17.0. The van der Waals surface area contributed by atoms with Gasteiger partial charge in [-0.05, 0) is 49.2 Å². The van der Waals surface area contributed by atoms with E-state index >= 15 is 0 Å². The van der Waals surface area contributed by atoms with Gasteiger partial charge in [-0.25, -0.2) is 0 Å². The summed E-state index contributed by atoms with van der Waals surface area (Å²) in [5.41, 5.74) is 3.67. The van der Waals surface area contributed by atoms with E-state index in [0.29, 0.717) is 5.56 Å². The van der Waals surface area contributed by atoms with E-state index in [-0.39, 0.29) is 0 Å². The van der Waals surface area contributed by atoms with Crippen LogP contribution in [0.25, 0.3) is 11.1 Å². The molecule has 2 aromatic carbocycles. The minimum atomic E-state index is 0.678. The summed E-state index contributed by atoms with van der Waals surface area (Å²) in [5, 5.41) is 16.7. The summed E-state index contributed by atoms with van der Waals surface area (Å²) < 4.78 is 5.10. The van der Waals surface area contributed by atoms with Crippen molar-refractivity contribution in [3.63, 3.8) is 0 Å². The van der Waals surface area contributed by atoms with Crippen LogP contribution in [-0.2, 0) is 0 Å². The fourth-order valence-corrected chi connectivity index (χ4v) is 1.59. The molecule has 0 aromatic heterocycles. The number of ether oxygens (including phenoxy) is 1. The standard InChI is InChI=1S/C14H11NO.C5H7N/c1-16-14-8-6-13(7-9-14)12-4-2-11(10-15)3-5-12;1-3-5(2)4-6/h2-9H,1H3;3H,1-2H3/b;5-3+. The molecule has 0 N–H and O–H groups in total. The van der Waals surface area contributed by atoms with Crippen molar-refractivity contribution in [3.8, 4) is 29.0 Å². The molecule has 3 heteroatoms. The number of benzene rings is 2. The van der Waals surface area contributed by atoms with Gasteiger partial charge in [0, 0.05) is 5.57 Å². The maximum absolute atomic E-state index is 8.70. The topological polar surface area (TPSA) is 56.8 Å². The Morgan fingerprint density at radius 3 is 1.77 bits per heavy atom. The zero-order valence-corrected chi connectivity index (χ0v) is 13.0. The van der Waals surface area contributed by atoms with Crippen molar-refractivity contribution in [2.45, 2.75) is 13.8 Å². The van der Waals surface area contributed by atoms with Gasteiger partial charge in [0.15, 0.2) is 0 Å². The minimum absolute atomic E-state index is 0.678. The molecule has 0 saturated carbocycles. The van der Waals surface area contributed by atoms with Gasteiger partial charge in [-0.3, -0.25) is 0 Å². The Balaban J connectivity index is 0.000000346. The molecule has 110 valence electrons. The molecule has 0 heterocycles. The molecule has 0 saturated heterocycles. The van der Waals surface area contributed by atoms with E-state index in [2.05, 4.69) is 6.07 Å². The number of rotatable bonds is 2. The quantitative estimate of drug-likeness (QED) is 0.752. The van der Waals surface area contributed by atoms with Crippen LogP contribution in [-0.4, -0.2) is 7.11 Å². The predicted octanol–water partition coefficient (Wildman–Crippen LogP) is 4.71. The molecule has 0 aliphatic carbocycles. The lowest BCUT2D eigenvalue weighted by Gasteiger charge is -2.03. The molecule has 0 radical (unpaired) electrons. The highest BCUT2D eigenvalue weighted by molar-refractivity contribution is 5.64. The first-order valence-electron chi connectivity index (χ1n) is 6.82. The fraction of sp³-hybridized carbons (Fsp3) is 0.158. The Morgan fingerprint density at radius 1 is 0.955 bits per heavy atom. The highest BCUT2D eigenvalue weighted by atomic mass is 16.5. The Kier molecular flexibility index (Phi) is 6.96. The van der Waals surface area contributed by atoms with E-state index in [9.17, 15) is 0 Å². The lowest BCUT2D eigenvalue weighted by Crippen LogP contribution is -1.83. The van der Waals surface area contributed by atoms with Gasteiger partial charge in [0.2, 0.25) is 0 Å². The average Bonchev–Trinajstić information content (AvgIpc) is 2.61. The number of methoxy groups -OCH3 is 1. The van der Waals surface area contributed by atoms with Gasteiger partial charge in [0.1, 0.15) is 5.75 Å². The van der Waals surface area contributed by atoms with Crippen molar-refractivity contribution in [2.75, 3.05) is 7.11 Å². The van der Waals surface area contributed by atoms with Crippen LogP contribution in [0.3, 0.4) is 0 Å². The number of allylic oxidation sites excluding steroid dienone is 2. The highest BCUT2D eigenvalue weighted by Crippen LogP contribution is 2.22. The van der Waals surface area contributed by atoms with Gasteiger partial charge in [-0.2, -0.15) is 10.5 Å². The number of hydrogen-bond acceptors (Lipinski definition) is 3. The molecule has 0 aliphatic rings. The molecule has 22 heavy (non-hydrogen) atoms. The lowest BCUT2D eigenvalue weighted by atomic mass is 10.0. The van der Waals surface area contributed by atoms with Crippen LogP contribution in [0, 0.1) is 22.7 Å². The van der Waals surface area contributed by atoms with Gasteiger partial charge >= 0.3 is 0 Å². The summed E-state index contributed by atoms with van der Waals surface area (Å²) in [7, 11) is 1.65. The minimum Gasteiger partial charge on any atom is -0.497 e. The van der Waals surface area contributed by atoms with E-state index < -0.39 is 0 Å². The van der Waals surface area contributed by atoms with Crippen LogP contribution in [0.2, 0.25) is 0 Å². The second-order valence-corrected chi connectivity index (χ2v) is 4.50. The second kappa shape index (κ2) is 9.00. The molecule has 0 unspecified atom stereocenters. The summed E-state index contributed by atoms with van der Waals surface area (Å²) in [6, 6.07) is 19.5. The summed E-state index contributed by atoms with van der Waals surface area (Å²) in [4.78, 5) is 0. The van der Waals surface area contributed by atoms with Crippen molar-refractivity contribution in [1.82, 2.24) is 0 Å². The maximum atomic E-state index is 8.70. The van der Waals surface area contributed by atoms with E-state index in [1.54, 1.807) is 20.1 Å². The van der Waals surface area contributed by atoms with Crippen LogP contribution in [0.4, 0.5) is 0 Å². The third-order valence-corrected chi connectivity index (χ3v) is 3.05. The zero-order valence-electron chi connectivity index (χ0n) is 13.0. The summed E-state index contributed by atoms with van der Waals surface area (Å²) in [6.07, 6.45) is 1.78. The van der Waals surface area contributed by atoms with Gasteiger partial charge in [-0.15, -0.1) is 0 Å². The normalized spacial score (nSPS) is 9.77. The average molecular weight is 290 g/mol. The Hall–Kier alpha value is -3.04. The summed E-state index contributed by atoms with van der Waals surface area (Å²) in [5.74, 6) is 0.845. The molecule has 0 bridgehead atoms. The largest absolute Gasteiger partial charge is 0.497 e. The third kappa shape index (κ3) is 5.15. The Bertz CT molecular complexity index is 699. The van der Waals surface area contributed by atoms with Crippen molar-refractivity contribution < 1.29 is 4.74 Å². The molecule has 0 amide bonds. The fourth-order valence-electron chi connectivity index (χ4n) is 1.59. The van der Waals surface area contributed by atoms with Crippen molar-refractivity contribution in [3.05, 3.63) is 65.7 Å². The molecule has 2 aromatic rings. The first-order chi connectivity index (χ1) is 10.6.